The van der Waals surface area contributed by atoms with Gasteiger partial charge in [0.1, 0.15) is 5.60 Å². The lowest BCUT2D eigenvalue weighted by atomic mass is 9.73. The van der Waals surface area contributed by atoms with Crippen LogP contribution in [-0.4, -0.2) is 21.4 Å². The molecule has 86 valence electrons. The molecular weight excluding hydrogens is 190 g/mol. The second kappa shape index (κ2) is 3.94. The zero-order valence-electron chi connectivity index (χ0n) is 9.99. The SMILES string of the molecule is CCn1cc(C(O)(CN)C(C)(C)C)cn1. The van der Waals surface area contributed by atoms with Crippen LogP contribution in [0.1, 0.15) is 33.3 Å². The average Bonchev–Trinajstić information content (AvgIpc) is 2.63. The van der Waals surface area contributed by atoms with Gasteiger partial charge >= 0.3 is 0 Å². The van der Waals surface area contributed by atoms with Crippen LogP contribution in [0.2, 0.25) is 0 Å². The van der Waals surface area contributed by atoms with Crippen molar-refractivity contribution >= 4 is 0 Å². The van der Waals surface area contributed by atoms with Crippen molar-refractivity contribution in [2.24, 2.45) is 11.1 Å². The topological polar surface area (TPSA) is 64.1 Å². The molecule has 1 aromatic rings. The Hall–Kier alpha value is -0.870. The van der Waals surface area contributed by atoms with E-state index < -0.39 is 5.60 Å². The molecule has 0 saturated carbocycles. The molecule has 0 radical (unpaired) electrons. The summed E-state index contributed by atoms with van der Waals surface area (Å²) in [6, 6.07) is 0. The van der Waals surface area contributed by atoms with Crippen molar-refractivity contribution in [2.75, 3.05) is 6.54 Å². The smallest absolute Gasteiger partial charge is 0.110 e. The van der Waals surface area contributed by atoms with Gasteiger partial charge in [-0.15, -0.1) is 0 Å². The van der Waals surface area contributed by atoms with Gasteiger partial charge in [-0.25, -0.2) is 0 Å². The van der Waals surface area contributed by atoms with E-state index in [1.54, 1.807) is 10.9 Å². The van der Waals surface area contributed by atoms with Crippen molar-refractivity contribution in [3.8, 4) is 0 Å². The number of aryl methyl sites for hydroxylation is 1. The molecule has 1 rings (SSSR count). The fourth-order valence-electron chi connectivity index (χ4n) is 1.61. The number of nitrogens with zero attached hydrogens (tertiary/aromatic N) is 2. The van der Waals surface area contributed by atoms with Crippen molar-refractivity contribution < 1.29 is 5.11 Å². The minimum absolute atomic E-state index is 0.200. The van der Waals surface area contributed by atoms with Crippen molar-refractivity contribution in [2.45, 2.75) is 39.8 Å². The van der Waals surface area contributed by atoms with Crippen LogP contribution in [0, 0.1) is 5.41 Å². The van der Waals surface area contributed by atoms with Gasteiger partial charge in [0.2, 0.25) is 0 Å². The Bertz CT molecular complexity index is 327. The molecule has 0 aliphatic heterocycles. The first-order chi connectivity index (χ1) is 6.85. The minimum atomic E-state index is -1.01. The fraction of sp³-hybridized carbons (Fsp3) is 0.727. The molecule has 0 aliphatic rings. The normalized spacial score (nSPS) is 16.4. The Kier molecular flexibility index (Phi) is 3.21. The van der Waals surface area contributed by atoms with E-state index in [2.05, 4.69) is 5.10 Å². The molecule has 1 heterocycles. The van der Waals surface area contributed by atoms with E-state index in [1.807, 2.05) is 33.9 Å². The third kappa shape index (κ3) is 2.06. The van der Waals surface area contributed by atoms with Gasteiger partial charge in [-0.3, -0.25) is 4.68 Å². The Labute approximate surface area is 91.1 Å². The number of hydrogen-bond acceptors (Lipinski definition) is 3. The second-order valence-electron chi connectivity index (χ2n) is 4.90. The van der Waals surface area contributed by atoms with Crippen molar-refractivity contribution in [1.29, 1.82) is 0 Å². The molecule has 0 fully saturated rings. The van der Waals surface area contributed by atoms with Gasteiger partial charge in [-0.2, -0.15) is 5.10 Å². The third-order valence-electron chi connectivity index (χ3n) is 2.97. The highest BCUT2D eigenvalue weighted by molar-refractivity contribution is 5.19. The predicted molar refractivity (Wildman–Crippen MR) is 60.3 cm³/mol. The molecule has 0 amide bonds. The Morgan fingerprint density at radius 1 is 1.47 bits per heavy atom. The van der Waals surface area contributed by atoms with Crippen molar-refractivity contribution in [1.82, 2.24) is 9.78 Å². The van der Waals surface area contributed by atoms with Crippen LogP contribution in [0.3, 0.4) is 0 Å². The van der Waals surface area contributed by atoms with E-state index in [0.29, 0.717) is 0 Å². The summed E-state index contributed by atoms with van der Waals surface area (Å²) in [6.45, 7) is 8.93. The van der Waals surface area contributed by atoms with E-state index in [9.17, 15) is 5.11 Å². The summed E-state index contributed by atoms with van der Waals surface area (Å²) in [5, 5.41) is 14.7. The Balaban J connectivity index is 3.11. The number of aromatic nitrogens is 2. The minimum Gasteiger partial charge on any atom is -0.383 e. The van der Waals surface area contributed by atoms with Crippen LogP contribution in [0.5, 0.6) is 0 Å². The molecule has 0 bridgehead atoms. The second-order valence-corrected chi connectivity index (χ2v) is 4.90. The van der Waals surface area contributed by atoms with E-state index in [0.717, 1.165) is 12.1 Å². The molecular formula is C11H21N3O. The third-order valence-corrected chi connectivity index (χ3v) is 2.97. The van der Waals surface area contributed by atoms with Gasteiger partial charge in [0.15, 0.2) is 0 Å². The van der Waals surface area contributed by atoms with Crippen LogP contribution in [-0.2, 0) is 12.1 Å². The standard InChI is InChI=1S/C11H21N3O/c1-5-14-7-9(6-13-14)11(15,8-12)10(2,3)4/h6-7,15H,5,8,12H2,1-4H3. The van der Waals surface area contributed by atoms with E-state index in [4.69, 9.17) is 5.73 Å². The molecule has 1 atom stereocenters. The lowest BCUT2D eigenvalue weighted by molar-refractivity contribution is -0.0558. The largest absolute Gasteiger partial charge is 0.383 e. The first-order valence-electron chi connectivity index (χ1n) is 5.30. The summed E-state index contributed by atoms with van der Waals surface area (Å²) >= 11 is 0. The fourth-order valence-corrected chi connectivity index (χ4v) is 1.61. The quantitative estimate of drug-likeness (QED) is 0.786. The van der Waals surface area contributed by atoms with E-state index in [-0.39, 0.29) is 12.0 Å². The first kappa shape index (κ1) is 12.2. The molecule has 4 heteroatoms. The van der Waals surface area contributed by atoms with Gasteiger partial charge in [0.25, 0.3) is 0 Å². The number of nitrogens with two attached hydrogens (primary N) is 1. The van der Waals surface area contributed by atoms with Crippen molar-refractivity contribution in [3.63, 3.8) is 0 Å². The lowest BCUT2D eigenvalue weighted by Crippen LogP contribution is -2.46. The highest BCUT2D eigenvalue weighted by Gasteiger charge is 2.41. The maximum absolute atomic E-state index is 10.6. The van der Waals surface area contributed by atoms with E-state index in [1.165, 1.54) is 0 Å². The van der Waals surface area contributed by atoms with Crippen LogP contribution >= 0.6 is 0 Å². The van der Waals surface area contributed by atoms with E-state index >= 15 is 0 Å². The summed E-state index contributed by atoms with van der Waals surface area (Å²) in [7, 11) is 0. The monoisotopic (exact) mass is 211 g/mol. The van der Waals surface area contributed by atoms with Crippen LogP contribution in [0.15, 0.2) is 12.4 Å². The van der Waals surface area contributed by atoms with Crippen LogP contribution in [0.25, 0.3) is 0 Å². The number of aliphatic hydroxyl groups is 1. The molecule has 4 nitrogen and oxygen atoms in total. The molecule has 1 aromatic heterocycles. The predicted octanol–water partition coefficient (Wildman–Crippen LogP) is 1.10. The molecule has 0 saturated heterocycles. The molecule has 0 aliphatic carbocycles. The summed E-state index contributed by atoms with van der Waals surface area (Å²) in [5.74, 6) is 0. The average molecular weight is 211 g/mol. The van der Waals surface area contributed by atoms with Gasteiger partial charge in [0.05, 0.1) is 6.20 Å². The van der Waals surface area contributed by atoms with Crippen molar-refractivity contribution in [3.05, 3.63) is 18.0 Å². The Morgan fingerprint density at radius 3 is 2.40 bits per heavy atom. The summed E-state index contributed by atoms with van der Waals surface area (Å²) in [5.41, 5.74) is 5.16. The summed E-state index contributed by atoms with van der Waals surface area (Å²) in [4.78, 5) is 0. The van der Waals surface area contributed by atoms with Gasteiger partial charge in [-0.1, -0.05) is 20.8 Å². The lowest BCUT2D eigenvalue weighted by Gasteiger charge is -2.38. The zero-order valence-corrected chi connectivity index (χ0v) is 9.99. The van der Waals surface area contributed by atoms with Crippen LogP contribution < -0.4 is 5.73 Å². The highest BCUT2D eigenvalue weighted by Crippen LogP contribution is 2.38. The molecule has 1 unspecified atom stereocenters. The zero-order chi connectivity index (χ0) is 11.7. The van der Waals surface area contributed by atoms with Gasteiger partial charge in [-0.05, 0) is 12.3 Å². The number of rotatable bonds is 3. The Morgan fingerprint density at radius 2 is 2.07 bits per heavy atom. The maximum atomic E-state index is 10.6. The van der Waals surface area contributed by atoms with Gasteiger partial charge < -0.3 is 10.8 Å². The summed E-state index contributed by atoms with van der Waals surface area (Å²) in [6.07, 6.45) is 3.56. The maximum Gasteiger partial charge on any atom is 0.110 e. The van der Waals surface area contributed by atoms with Crippen LogP contribution in [0.4, 0.5) is 0 Å². The summed E-state index contributed by atoms with van der Waals surface area (Å²) < 4.78 is 1.79. The molecule has 0 aromatic carbocycles. The molecule has 0 spiro atoms. The number of hydrogen-bond donors (Lipinski definition) is 2. The molecule has 15 heavy (non-hydrogen) atoms. The first-order valence-corrected chi connectivity index (χ1v) is 5.30. The van der Waals surface area contributed by atoms with Gasteiger partial charge in [0, 0.05) is 24.8 Å². The highest BCUT2D eigenvalue weighted by atomic mass is 16.3. The molecule has 3 N–H and O–H groups in total.